The van der Waals surface area contributed by atoms with Crippen molar-refractivity contribution >= 4 is 33.2 Å². The molecule has 104 valence electrons. The predicted octanol–water partition coefficient (Wildman–Crippen LogP) is -0.670. The van der Waals surface area contributed by atoms with Crippen LogP contribution < -0.4 is 40.0 Å². The van der Waals surface area contributed by atoms with E-state index in [0.29, 0.717) is 6.04 Å². The minimum absolute atomic E-state index is 0. The molecular weight excluding hydrogens is 287 g/mol. The van der Waals surface area contributed by atoms with Crippen LogP contribution in [-0.4, -0.2) is 17.0 Å². The summed E-state index contributed by atoms with van der Waals surface area (Å²) < 4.78 is 0. The van der Waals surface area contributed by atoms with Crippen molar-refractivity contribution in [2.45, 2.75) is 18.9 Å². The van der Waals surface area contributed by atoms with Gasteiger partial charge in [0.2, 0.25) is 0 Å². The van der Waals surface area contributed by atoms with Gasteiger partial charge in [0, 0.05) is 34.9 Å². The molecule has 1 aliphatic carbocycles. The summed E-state index contributed by atoms with van der Waals surface area (Å²) in [5.41, 5.74) is 1.24. The fourth-order valence-corrected chi connectivity index (χ4v) is 2.70. The number of rotatable bonds is 3. The van der Waals surface area contributed by atoms with Crippen LogP contribution in [0.15, 0.2) is 42.7 Å². The van der Waals surface area contributed by atoms with Crippen molar-refractivity contribution < 1.29 is 39.5 Å². The van der Waals surface area contributed by atoms with Gasteiger partial charge in [0.25, 0.3) is 0 Å². The van der Waals surface area contributed by atoms with Crippen molar-refractivity contribution in [3.8, 4) is 0 Å². The normalized spacial score (nSPS) is 13.8. The number of pyridine rings is 1. The molecule has 1 aliphatic rings. The summed E-state index contributed by atoms with van der Waals surface area (Å²) in [6.45, 7) is 0. The van der Waals surface area contributed by atoms with Gasteiger partial charge in [0.1, 0.15) is 0 Å². The Morgan fingerprint density at radius 1 is 1.14 bits per heavy atom. The molecule has 0 radical (unpaired) electrons. The molecule has 1 aromatic heterocycles. The van der Waals surface area contributed by atoms with Crippen LogP contribution in [0.1, 0.15) is 23.2 Å². The van der Waals surface area contributed by atoms with Gasteiger partial charge in [-0.25, -0.2) is 0 Å². The zero-order valence-electron chi connectivity index (χ0n) is 12.3. The molecule has 22 heavy (non-hydrogen) atoms. The van der Waals surface area contributed by atoms with Gasteiger partial charge in [-0.15, -0.1) is 0 Å². The van der Waals surface area contributed by atoms with E-state index in [0.717, 1.165) is 27.2 Å². The van der Waals surface area contributed by atoms with E-state index >= 15 is 0 Å². The minimum Gasteiger partial charge on any atom is -0.545 e. The van der Waals surface area contributed by atoms with Gasteiger partial charge in [-0.1, -0.05) is 12.1 Å². The Labute approximate surface area is 149 Å². The maximum atomic E-state index is 11.0. The molecule has 0 aliphatic heterocycles. The molecule has 4 nitrogen and oxygen atoms in total. The Kier molecular flexibility index (Phi) is 4.08. The van der Waals surface area contributed by atoms with Crippen molar-refractivity contribution in [1.82, 2.24) is 4.98 Å². The van der Waals surface area contributed by atoms with E-state index in [1.54, 1.807) is 18.3 Å². The molecule has 4 rings (SSSR count). The third kappa shape index (κ3) is 2.70. The smallest absolute Gasteiger partial charge is 0.545 e. The first-order chi connectivity index (χ1) is 10.2. The molecule has 0 bridgehead atoms. The second kappa shape index (κ2) is 5.88. The molecule has 0 amide bonds. The summed E-state index contributed by atoms with van der Waals surface area (Å²) >= 11 is 0. The average Bonchev–Trinajstić information content (AvgIpc) is 3.31. The molecule has 0 unspecified atom stereocenters. The third-order valence-corrected chi connectivity index (χ3v) is 3.93. The van der Waals surface area contributed by atoms with E-state index in [-0.39, 0.29) is 35.1 Å². The summed E-state index contributed by atoms with van der Waals surface area (Å²) in [6.07, 6.45) is 5.98. The van der Waals surface area contributed by atoms with E-state index in [1.807, 2.05) is 24.4 Å². The van der Waals surface area contributed by atoms with Gasteiger partial charge in [-0.3, -0.25) is 4.98 Å². The summed E-state index contributed by atoms with van der Waals surface area (Å²) in [6, 6.07) is 9.61. The summed E-state index contributed by atoms with van der Waals surface area (Å²) in [7, 11) is 0. The number of anilines is 1. The van der Waals surface area contributed by atoms with Crippen LogP contribution in [0.2, 0.25) is 0 Å². The Morgan fingerprint density at radius 3 is 2.68 bits per heavy atom. The minimum atomic E-state index is -1.15. The van der Waals surface area contributed by atoms with Crippen LogP contribution in [0.5, 0.6) is 0 Å². The number of aromatic nitrogens is 1. The zero-order chi connectivity index (χ0) is 14.4. The largest absolute Gasteiger partial charge is 1.00 e. The van der Waals surface area contributed by atoms with E-state index in [4.69, 9.17) is 0 Å². The summed E-state index contributed by atoms with van der Waals surface area (Å²) in [4.78, 5) is 15.2. The number of carbonyl (C=O) groups is 1. The maximum Gasteiger partial charge on any atom is 1.00 e. The number of carbonyl (C=O) groups excluding carboxylic acids is 1. The third-order valence-electron chi connectivity index (χ3n) is 3.93. The van der Waals surface area contributed by atoms with Crippen LogP contribution in [0, 0.1) is 0 Å². The second-order valence-corrected chi connectivity index (χ2v) is 5.49. The number of nitrogens with one attached hydrogen (secondary N) is 1. The molecule has 0 spiro atoms. The van der Waals surface area contributed by atoms with Gasteiger partial charge >= 0.3 is 29.6 Å². The number of fused-ring (bicyclic) bond motifs is 3. The van der Waals surface area contributed by atoms with E-state index < -0.39 is 5.97 Å². The Balaban J connectivity index is 0.00000144. The Hall–Kier alpha value is -1.62. The van der Waals surface area contributed by atoms with Crippen LogP contribution in [-0.2, 0) is 0 Å². The Morgan fingerprint density at radius 2 is 1.95 bits per heavy atom. The molecule has 3 aromatic rings. The number of carboxylic acids is 1. The SMILES string of the molecule is O=C([O-])c1ccc2c(c1)cc(NC1CC1)c1ccncc12.[Na+]. The van der Waals surface area contributed by atoms with Crippen molar-refractivity contribution in [2.24, 2.45) is 0 Å². The molecule has 1 saturated carbocycles. The number of nitrogens with zero attached hydrogens (tertiary/aromatic N) is 1. The predicted molar refractivity (Wildman–Crippen MR) is 80.2 cm³/mol. The topological polar surface area (TPSA) is 65.0 Å². The van der Waals surface area contributed by atoms with Gasteiger partial charge in [0.15, 0.2) is 0 Å². The van der Waals surface area contributed by atoms with Gasteiger partial charge in [-0.2, -0.15) is 0 Å². The van der Waals surface area contributed by atoms with Gasteiger partial charge < -0.3 is 15.2 Å². The second-order valence-electron chi connectivity index (χ2n) is 5.49. The molecule has 5 heteroatoms. The first-order valence-corrected chi connectivity index (χ1v) is 7.01. The van der Waals surface area contributed by atoms with E-state index in [9.17, 15) is 9.90 Å². The Bertz CT molecular complexity index is 875. The summed E-state index contributed by atoms with van der Waals surface area (Å²) in [5, 5.41) is 18.6. The average molecular weight is 300 g/mol. The number of hydrogen-bond donors (Lipinski definition) is 1. The number of carboxylic acid groups (broad SMARTS) is 1. The summed E-state index contributed by atoms with van der Waals surface area (Å²) in [5.74, 6) is -1.15. The maximum absolute atomic E-state index is 11.0. The number of hydrogen-bond acceptors (Lipinski definition) is 4. The molecular formula is C17H13N2NaO2. The number of benzene rings is 2. The van der Waals surface area contributed by atoms with Crippen LogP contribution in [0.25, 0.3) is 21.5 Å². The van der Waals surface area contributed by atoms with Crippen LogP contribution in [0.3, 0.4) is 0 Å². The standard InChI is InChI=1S/C17H14N2O2.Na/c20-17(21)10-1-4-13-11(7-10)8-16(19-12-2-3-12)14-5-6-18-9-15(13)14;/h1,4-9,12,19H,2-3H2,(H,20,21);/q;+1/p-1. The zero-order valence-corrected chi connectivity index (χ0v) is 14.3. The number of aromatic carboxylic acids is 1. The molecule has 0 atom stereocenters. The van der Waals surface area contributed by atoms with Crippen LogP contribution >= 0.6 is 0 Å². The van der Waals surface area contributed by atoms with Crippen molar-refractivity contribution in [3.63, 3.8) is 0 Å². The van der Waals surface area contributed by atoms with Gasteiger partial charge in [0.05, 0.1) is 5.97 Å². The fraction of sp³-hybridized carbons (Fsp3) is 0.176. The van der Waals surface area contributed by atoms with Crippen molar-refractivity contribution in [2.75, 3.05) is 5.32 Å². The van der Waals surface area contributed by atoms with Crippen molar-refractivity contribution in [1.29, 1.82) is 0 Å². The van der Waals surface area contributed by atoms with Crippen molar-refractivity contribution in [3.05, 3.63) is 48.3 Å². The molecule has 1 heterocycles. The molecule has 1 N–H and O–H groups in total. The fourth-order valence-electron chi connectivity index (χ4n) is 2.70. The van der Waals surface area contributed by atoms with Gasteiger partial charge in [-0.05, 0) is 47.4 Å². The van der Waals surface area contributed by atoms with E-state index in [1.165, 1.54) is 12.8 Å². The first kappa shape index (κ1) is 15.3. The van der Waals surface area contributed by atoms with E-state index in [2.05, 4.69) is 10.3 Å². The first-order valence-electron chi connectivity index (χ1n) is 7.01. The molecule has 0 saturated heterocycles. The molecule has 1 fully saturated rings. The monoisotopic (exact) mass is 300 g/mol. The quantitative estimate of drug-likeness (QED) is 0.515. The molecule has 2 aromatic carbocycles. The van der Waals surface area contributed by atoms with Crippen LogP contribution in [0.4, 0.5) is 5.69 Å².